The summed E-state index contributed by atoms with van der Waals surface area (Å²) in [5.74, 6) is -0.762. The van der Waals surface area contributed by atoms with Gasteiger partial charge < -0.3 is 10.4 Å². The Labute approximate surface area is 103 Å². The van der Waals surface area contributed by atoms with Crippen LogP contribution in [0.15, 0.2) is 30.3 Å². The van der Waals surface area contributed by atoms with Crippen LogP contribution in [0, 0.1) is 0 Å². The van der Waals surface area contributed by atoms with Crippen molar-refractivity contribution in [3.05, 3.63) is 35.9 Å². The van der Waals surface area contributed by atoms with Crippen molar-refractivity contribution in [2.45, 2.75) is 38.6 Å². The maximum atomic E-state index is 10.8. The number of rotatable bonds is 8. The van der Waals surface area contributed by atoms with E-state index in [1.165, 1.54) is 12.8 Å². The van der Waals surface area contributed by atoms with E-state index < -0.39 is 5.97 Å². The van der Waals surface area contributed by atoms with Crippen LogP contribution in [0.1, 0.15) is 44.2 Å². The molecular weight excluding hydrogens is 214 g/mol. The maximum absolute atomic E-state index is 10.8. The van der Waals surface area contributed by atoms with Gasteiger partial charge in [-0.25, -0.2) is 0 Å². The molecule has 1 atom stereocenters. The lowest BCUT2D eigenvalue weighted by atomic mass is 10.0. The summed E-state index contributed by atoms with van der Waals surface area (Å²) in [7, 11) is 0. The molecule has 0 heterocycles. The average Bonchev–Trinajstić information content (AvgIpc) is 2.34. The lowest BCUT2D eigenvalue weighted by Gasteiger charge is -2.17. The van der Waals surface area contributed by atoms with E-state index in [-0.39, 0.29) is 12.5 Å². The molecule has 0 radical (unpaired) electrons. The number of carboxylic acid groups (broad SMARTS) is 1. The highest BCUT2D eigenvalue weighted by atomic mass is 16.4. The second-order valence-electron chi connectivity index (χ2n) is 4.22. The van der Waals surface area contributed by atoms with E-state index in [0.717, 1.165) is 18.5 Å². The summed E-state index contributed by atoms with van der Waals surface area (Å²) in [6, 6.07) is 9.69. The molecule has 0 saturated heterocycles. The first-order valence-electron chi connectivity index (χ1n) is 6.24. The minimum atomic E-state index is -0.762. The lowest BCUT2D eigenvalue weighted by Crippen LogP contribution is -2.24. The third-order valence-electron chi connectivity index (χ3n) is 2.75. The molecule has 0 spiro atoms. The van der Waals surface area contributed by atoms with E-state index in [1.54, 1.807) is 0 Å². The summed E-state index contributed by atoms with van der Waals surface area (Å²) >= 11 is 0. The van der Waals surface area contributed by atoms with Crippen LogP contribution >= 0.6 is 0 Å². The molecular formula is C14H21NO2. The van der Waals surface area contributed by atoms with Crippen LogP contribution in [0.5, 0.6) is 0 Å². The molecule has 3 heteroatoms. The fraction of sp³-hybridized carbons (Fsp3) is 0.500. The van der Waals surface area contributed by atoms with Gasteiger partial charge in [0.15, 0.2) is 0 Å². The fourth-order valence-corrected chi connectivity index (χ4v) is 1.82. The first-order chi connectivity index (χ1) is 8.24. The summed E-state index contributed by atoms with van der Waals surface area (Å²) in [5, 5.41) is 12.2. The Balaban J connectivity index is 2.52. The van der Waals surface area contributed by atoms with Crippen molar-refractivity contribution < 1.29 is 9.90 Å². The van der Waals surface area contributed by atoms with Crippen LogP contribution < -0.4 is 5.32 Å². The van der Waals surface area contributed by atoms with Crippen molar-refractivity contribution >= 4 is 5.97 Å². The molecule has 94 valence electrons. The Hall–Kier alpha value is -1.35. The third-order valence-corrected chi connectivity index (χ3v) is 2.75. The first-order valence-corrected chi connectivity index (χ1v) is 6.24. The van der Waals surface area contributed by atoms with Gasteiger partial charge in [-0.3, -0.25) is 4.79 Å². The average molecular weight is 235 g/mol. The summed E-state index contributed by atoms with van der Waals surface area (Å²) in [5.41, 5.74) is 1.05. The zero-order valence-corrected chi connectivity index (χ0v) is 10.4. The van der Waals surface area contributed by atoms with Crippen LogP contribution in [0.2, 0.25) is 0 Å². The Kier molecular flexibility index (Phi) is 6.33. The number of carbonyl (C=O) groups is 1. The molecule has 0 saturated carbocycles. The van der Waals surface area contributed by atoms with E-state index in [1.807, 2.05) is 30.3 Å². The van der Waals surface area contributed by atoms with Gasteiger partial charge in [0.2, 0.25) is 0 Å². The lowest BCUT2D eigenvalue weighted by molar-refractivity contribution is -0.137. The maximum Gasteiger partial charge on any atom is 0.305 e. The molecule has 0 unspecified atom stereocenters. The predicted octanol–water partition coefficient (Wildman–Crippen LogP) is 2.98. The number of aliphatic carboxylic acids is 1. The van der Waals surface area contributed by atoms with Gasteiger partial charge in [-0.1, -0.05) is 50.1 Å². The van der Waals surface area contributed by atoms with Crippen LogP contribution in [0.4, 0.5) is 0 Å². The van der Waals surface area contributed by atoms with Crippen LogP contribution in [-0.2, 0) is 4.79 Å². The SMILES string of the molecule is CCCCCN[C@@H](CC(=O)O)c1ccccc1. The van der Waals surface area contributed by atoms with Gasteiger partial charge in [-0.05, 0) is 18.5 Å². The minimum absolute atomic E-state index is 0.0782. The largest absolute Gasteiger partial charge is 0.481 e. The molecule has 1 aromatic carbocycles. The van der Waals surface area contributed by atoms with Gasteiger partial charge >= 0.3 is 5.97 Å². The van der Waals surface area contributed by atoms with Gasteiger partial charge in [0, 0.05) is 6.04 Å². The summed E-state index contributed by atoms with van der Waals surface area (Å²) in [4.78, 5) is 10.8. The number of carboxylic acids is 1. The van der Waals surface area contributed by atoms with Gasteiger partial charge in [0.1, 0.15) is 0 Å². The van der Waals surface area contributed by atoms with E-state index in [2.05, 4.69) is 12.2 Å². The van der Waals surface area contributed by atoms with Gasteiger partial charge in [-0.2, -0.15) is 0 Å². The molecule has 1 aromatic rings. The number of unbranched alkanes of at least 4 members (excludes halogenated alkanes) is 2. The molecule has 0 aromatic heterocycles. The number of hydrogen-bond acceptors (Lipinski definition) is 2. The van der Waals surface area contributed by atoms with Crippen LogP contribution in [0.3, 0.4) is 0 Å². The topological polar surface area (TPSA) is 49.3 Å². The van der Waals surface area contributed by atoms with E-state index >= 15 is 0 Å². The summed E-state index contributed by atoms with van der Waals surface area (Å²) in [6.45, 7) is 3.03. The van der Waals surface area contributed by atoms with Gasteiger partial charge in [0.05, 0.1) is 6.42 Å². The summed E-state index contributed by atoms with van der Waals surface area (Å²) in [6.07, 6.45) is 3.59. The van der Waals surface area contributed by atoms with Gasteiger partial charge in [0.25, 0.3) is 0 Å². The number of nitrogens with one attached hydrogen (secondary N) is 1. The predicted molar refractivity (Wildman–Crippen MR) is 69.0 cm³/mol. The van der Waals surface area contributed by atoms with Crippen molar-refractivity contribution in [3.8, 4) is 0 Å². The molecule has 0 aliphatic carbocycles. The Bertz CT molecular complexity index is 324. The molecule has 0 amide bonds. The summed E-state index contributed by atoms with van der Waals surface area (Å²) < 4.78 is 0. The monoisotopic (exact) mass is 235 g/mol. The quantitative estimate of drug-likeness (QED) is 0.681. The fourth-order valence-electron chi connectivity index (χ4n) is 1.82. The Morgan fingerprint density at radius 1 is 1.29 bits per heavy atom. The van der Waals surface area contributed by atoms with Crippen molar-refractivity contribution in [1.29, 1.82) is 0 Å². The highest BCUT2D eigenvalue weighted by Gasteiger charge is 2.13. The van der Waals surface area contributed by atoms with Crippen molar-refractivity contribution in [2.24, 2.45) is 0 Å². The zero-order chi connectivity index (χ0) is 12.5. The Morgan fingerprint density at radius 3 is 2.59 bits per heavy atom. The molecule has 0 bridgehead atoms. The van der Waals surface area contributed by atoms with Crippen LogP contribution in [-0.4, -0.2) is 17.6 Å². The number of benzene rings is 1. The van der Waals surface area contributed by atoms with E-state index in [4.69, 9.17) is 5.11 Å². The van der Waals surface area contributed by atoms with E-state index in [9.17, 15) is 4.79 Å². The van der Waals surface area contributed by atoms with Crippen LogP contribution in [0.25, 0.3) is 0 Å². The first kappa shape index (κ1) is 13.7. The molecule has 3 nitrogen and oxygen atoms in total. The van der Waals surface area contributed by atoms with E-state index in [0.29, 0.717) is 0 Å². The highest BCUT2D eigenvalue weighted by Crippen LogP contribution is 2.16. The highest BCUT2D eigenvalue weighted by molar-refractivity contribution is 5.67. The van der Waals surface area contributed by atoms with Crippen molar-refractivity contribution in [2.75, 3.05) is 6.54 Å². The molecule has 1 rings (SSSR count). The molecule has 0 fully saturated rings. The minimum Gasteiger partial charge on any atom is -0.481 e. The third kappa shape index (κ3) is 5.50. The molecule has 0 aliphatic rings. The van der Waals surface area contributed by atoms with Crippen molar-refractivity contribution in [1.82, 2.24) is 5.32 Å². The standard InChI is InChI=1S/C14H21NO2/c1-2-3-7-10-15-13(11-14(16)17)12-8-5-4-6-9-12/h4-6,8-9,13,15H,2-3,7,10-11H2,1H3,(H,16,17)/t13-/m0/s1. The Morgan fingerprint density at radius 2 is 2.00 bits per heavy atom. The zero-order valence-electron chi connectivity index (χ0n) is 10.4. The molecule has 2 N–H and O–H groups in total. The smallest absolute Gasteiger partial charge is 0.305 e. The second kappa shape index (κ2) is 7.85. The van der Waals surface area contributed by atoms with Gasteiger partial charge in [-0.15, -0.1) is 0 Å². The molecule has 17 heavy (non-hydrogen) atoms. The second-order valence-corrected chi connectivity index (χ2v) is 4.22. The van der Waals surface area contributed by atoms with Crippen molar-refractivity contribution in [3.63, 3.8) is 0 Å². The molecule has 0 aliphatic heterocycles. The number of hydrogen-bond donors (Lipinski definition) is 2. The normalized spacial score (nSPS) is 12.3.